The Kier molecular flexibility index (Phi) is 5.64. The first kappa shape index (κ1) is 23.2. The van der Waals surface area contributed by atoms with Gasteiger partial charge in [-0.05, 0) is 42.5 Å². The van der Waals surface area contributed by atoms with E-state index in [9.17, 15) is 14.7 Å². The standard InChI is InChI=1S/C28H20BrNO7/c1-34-20-5-3-2-4-18(20)25-24(26(31)23-13-15-12-16(29)6-8-19(15)37-23)27(32)28(33)30(25)17-7-9-21-22(14-17)36-11-10-35-21/h2-9,12-14,25,32H,10-11H2,1H3. The molecule has 1 atom stereocenters. The number of benzene rings is 3. The van der Waals surface area contributed by atoms with E-state index < -0.39 is 23.5 Å². The first-order valence-electron chi connectivity index (χ1n) is 11.5. The van der Waals surface area contributed by atoms with Crippen LogP contribution in [0.15, 0.2) is 87.0 Å². The van der Waals surface area contributed by atoms with Gasteiger partial charge in [-0.25, -0.2) is 0 Å². The van der Waals surface area contributed by atoms with E-state index >= 15 is 0 Å². The Bertz CT molecular complexity index is 1610. The number of anilines is 1. The minimum Gasteiger partial charge on any atom is -0.503 e. The second-order valence-electron chi connectivity index (χ2n) is 8.53. The summed E-state index contributed by atoms with van der Waals surface area (Å²) >= 11 is 3.42. The molecule has 8 nitrogen and oxygen atoms in total. The minimum atomic E-state index is -0.987. The average molecular weight is 562 g/mol. The Morgan fingerprint density at radius 3 is 2.62 bits per heavy atom. The van der Waals surface area contributed by atoms with Crippen molar-refractivity contribution < 1.29 is 33.3 Å². The van der Waals surface area contributed by atoms with Crippen molar-refractivity contribution in [1.29, 1.82) is 0 Å². The van der Waals surface area contributed by atoms with Crippen LogP contribution in [0.4, 0.5) is 5.69 Å². The van der Waals surface area contributed by atoms with E-state index in [-0.39, 0.29) is 11.3 Å². The van der Waals surface area contributed by atoms with Crippen molar-refractivity contribution in [3.63, 3.8) is 0 Å². The molecule has 4 aromatic rings. The third kappa shape index (κ3) is 3.82. The van der Waals surface area contributed by atoms with E-state index in [1.165, 1.54) is 12.0 Å². The number of nitrogens with zero attached hydrogens (tertiary/aromatic N) is 1. The number of furan rings is 1. The maximum Gasteiger partial charge on any atom is 0.294 e. The van der Waals surface area contributed by atoms with E-state index in [2.05, 4.69) is 15.9 Å². The highest BCUT2D eigenvalue weighted by Gasteiger charge is 2.46. The molecule has 0 radical (unpaired) electrons. The lowest BCUT2D eigenvalue weighted by Crippen LogP contribution is -2.31. The molecule has 2 aliphatic heterocycles. The molecule has 1 N–H and O–H groups in total. The molecule has 3 heterocycles. The predicted octanol–water partition coefficient (Wildman–Crippen LogP) is 5.76. The number of hydrogen-bond acceptors (Lipinski definition) is 7. The second kappa shape index (κ2) is 9.01. The van der Waals surface area contributed by atoms with Gasteiger partial charge in [0.2, 0.25) is 5.78 Å². The number of halogens is 1. The molecule has 0 spiro atoms. The van der Waals surface area contributed by atoms with Gasteiger partial charge in [0.1, 0.15) is 24.5 Å². The molecule has 186 valence electrons. The number of amides is 1. The van der Waals surface area contributed by atoms with E-state index in [1.54, 1.807) is 60.7 Å². The van der Waals surface area contributed by atoms with Crippen molar-refractivity contribution in [1.82, 2.24) is 0 Å². The van der Waals surface area contributed by atoms with Crippen molar-refractivity contribution in [2.75, 3.05) is 25.2 Å². The Labute approximate surface area is 219 Å². The zero-order chi connectivity index (χ0) is 25.7. The molecule has 3 aromatic carbocycles. The Hall–Kier alpha value is -4.24. The summed E-state index contributed by atoms with van der Waals surface area (Å²) in [7, 11) is 1.51. The Balaban J connectivity index is 1.51. The number of Topliss-reactive ketones (excluding diaryl/α,β-unsaturated/α-hetero) is 1. The number of carbonyl (C=O) groups is 2. The van der Waals surface area contributed by atoms with E-state index in [0.717, 1.165) is 4.47 Å². The predicted molar refractivity (Wildman–Crippen MR) is 139 cm³/mol. The Morgan fingerprint density at radius 2 is 1.81 bits per heavy atom. The van der Waals surface area contributed by atoms with Crippen molar-refractivity contribution in [2.45, 2.75) is 6.04 Å². The van der Waals surface area contributed by atoms with Gasteiger partial charge in [-0.15, -0.1) is 0 Å². The topological polar surface area (TPSA) is 98.4 Å². The molecule has 0 aliphatic carbocycles. The van der Waals surface area contributed by atoms with Gasteiger partial charge in [0.05, 0.1) is 18.7 Å². The molecular weight excluding hydrogens is 542 g/mol. The van der Waals surface area contributed by atoms with E-state index in [4.69, 9.17) is 18.6 Å². The molecule has 6 rings (SSSR count). The number of ether oxygens (including phenoxy) is 3. The largest absolute Gasteiger partial charge is 0.503 e. The Morgan fingerprint density at radius 1 is 1.03 bits per heavy atom. The summed E-state index contributed by atoms with van der Waals surface area (Å²) in [6, 6.07) is 18.1. The number of fused-ring (bicyclic) bond motifs is 2. The molecule has 37 heavy (non-hydrogen) atoms. The molecule has 0 saturated carbocycles. The SMILES string of the molecule is COc1ccccc1C1C(C(=O)c2cc3cc(Br)ccc3o2)=C(O)C(=O)N1c1ccc2c(c1)OCCO2. The summed E-state index contributed by atoms with van der Waals surface area (Å²) < 4.78 is 23.5. The van der Waals surface area contributed by atoms with Gasteiger partial charge in [-0.2, -0.15) is 0 Å². The number of aliphatic hydroxyl groups is 1. The maximum atomic E-state index is 13.9. The molecular formula is C28H20BrNO7. The average Bonchev–Trinajstić information content (AvgIpc) is 3.46. The molecule has 0 bridgehead atoms. The lowest BCUT2D eigenvalue weighted by Gasteiger charge is -2.29. The van der Waals surface area contributed by atoms with Crippen molar-refractivity contribution >= 4 is 44.3 Å². The van der Waals surface area contributed by atoms with E-state index in [1.807, 2.05) is 6.07 Å². The summed E-state index contributed by atoms with van der Waals surface area (Å²) in [4.78, 5) is 28.8. The fraction of sp³-hybridized carbons (Fsp3) is 0.143. The molecule has 2 aliphatic rings. The molecule has 0 saturated heterocycles. The zero-order valence-electron chi connectivity index (χ0n) is 19.6. The maximum absolute atomic E-state index is 13.9. The summed E-state index contributed by atoms with van der Waals surface area (Å²) in [5.41, 5.74) is 1.35. The minimum absolute atomic E-state index is 0.00590. The summed E-state index contributed by atoms with van der Waals surface area (Å²) in [6.07, 6.45) is 0. The number of carbonyl (C=O) groups excluding carboxylic acids is 2. The van der Waals surface area contributed by atoms with E-state index in [0.29, 0.717) is 52.7 Å². The molecule has 1 aromatic heterocycles. The lowest BCUT2D eigenvalue weighted by atomic mass is 9.94. The second-order valence-corrected chi connectivity index (χ2v) is 9.45. The first-order chi connectivity index (χ1) is 18.0. The fourth-order valence-electron chi connectivity index (χ4n) is 4.73. The molecule has 1 amide bonds. The fourth-order valence-corrected chi connectivity index (χ4v) is 5.11. The third-order valence-corrected chi connectivity index (χ3v) is 6.89. The van der Waals surface area contributed by atoms with Gasteiger partial charge in [0, 0.05) is 27.2 Å². The van der Waals surface area contributed by atoms with Gasteiger partial charge in [0.15, 0.2) is 23.0 Å². The normalized spacial score (nSPS) is 17.0. The number of para-hydroxylation sites is 1. The van der Waals surface area contributed by atoms with Crippen LogP contribution >= 0.6 is 15.9 Å². The highest BCUT2D eigenvalue weighted by Crippen LogP contribution is 2.46. The molecule has 1 unspecified atom stereocenters. The van der Waals surface area contributed by atoms with Gasteiger partial charge >= 0.3 is 0 Å². The van der Waals surface area contributed by atoms with Crippen LogP contribution in [0.25, 0.3) is 11.0 Å². The number of aliphatic hydroxyl groups excluding tert-OH is 1. The van der Waals surface area contributed by atoms with Crippen LogP contribution in [0.5, 0.6) is 17.2 Å². The first-order valence-corrected chi connectivity index (χ1v) is 12.3. The smallest absolute Gasteiger partial charge is 0.294 e. The molecule has 0 fully saturated rings. The van der Waals surface area contributed by atoms with Gasteiger partial charge in [-0.3, -0.25) is 14.5 Å². The van der Waals surface area contributed by atoms with Crippen LogP contribution < -0.4 is 19.1 Å². The quantitative estimate of drug-likeness (QED) is 0.309. The molecule has 9 heteroatoms. The van der Waals surface area contributed by atoms with Crippen LogP contribution in [0.3, 0.4) is 0 Å². The summed E-state index contributed by atoms with van der Waals surface area (Å²) in [5.74, 6) is -0.501. The van der Waals surface area contributed by atoms with Crippen LogP contribution in [0.2, 0.25) is 0 Å². The van der Waals surface area contributed by atoms with Gasteiger partial charge < -0.3 is 23.7 Å². The number of ketones is 1. The monoisotopic (exact) mass is 561 g/mol. The number of rotatable bonds is 5. The highest BCUT2D eigenvalue weighted by molar-refractivity contribution is 9.10. The van der Waals surface area contributed by atoms with Crippen LogP contribution in [0.1, 0.15) is 22.2 Å². The van der Waals surface area contributed by atoms with Gasteiger partial charge in [0.25, 0.3) is 5.91 Å². The lowest BCUT2D eigenvalue weighted by molar-refractivity contribution is -0.117. The van der Waals surface area contributed by atoms with Crippen molar-refractivity contribution in [3.8, 4) is 17.2 Å². The summed E-state index contributed by atoms with van der Waals surface area (Å²) in [5, 5.41) is 11.8. The third-order valence-electron chi connectivity index (χ3n) is 6.39. The van der Waals surface area contributed by atoms with Gasteiger partial charge in [-0.1, -0.05) is 34.1 Å². The summed E-state index contributed by atoms with van der Waals surface area (Å²) in [6.45, 7) is 0.795. The van der Waals surface area contributed by atoms with Crippen molar-refractivity contribution in [2.24, 2.45) is 0 Å². The number of hydrogen-bond donors (Lipinski definition) is 1. The highest BCUT2D eigenvalue weighted by atomic mass is 79.9. The zero-order valence-corrected chi connectivity index (χ0v) is 21.2. The number of methoxy groups -OCH3 is 1. The van der Waals surface area contributed by atoms with Crippen LogP contribution in [0, 0.1) is 0 Å². The van der Waals surface area contributed by atoms with Crippen LogP contribution in [-0.2, 0) is 4.79 Å². The van der Waals surface area contributed by atoms with Crippen LogP contribution in [-0.4, -0.2) is 37.1 Å². The van der Waals surface area contributed by atoms with Crippen molar-refractivity contribution in [3.05, 3.63) is 93.9 Å².